The number of carboxylic acid groups (broad SMARTS) is 2. The number of rotatable bonds is 9. The molecule has 14 nitrogen and oxygen atoms in total. The topological polar surface area (TPSA) is 219 Å². The summed E-state index contributed by atoms with van der Waals surface area (Å²) in [5.41, 5.74) is -2.06. The van der Waals surface area contributed by atoms with E-state index < -0.39 is 56.1 Å². The van der Waals surface area contributed by atoms with Crippen molar-refractivity contribution in [1.82, 2.24) is 0 Å². The molecule has 0 spiro atoms. The van der Waals surface area contributed by atoms with Crippen molar-refractivity contribution in [2.24, 2.45) is 0 Å². The largest absolute Gasteiger partial charge is 0.478 e. The Balaban J connectivity index is 1.66. The lowest BCUT2D eigenvalue weighted by molar-refractivity contribution is -0.385. The van der Waals surface area contributed by atoms with Crippen LogP contribution in [0.4, 0.5) is 22.7 Å². The third kappa shape index (κ3) is 6.61. The van der Waals surface area contributed by atoms with E-state index in [0.717, 1.165) is 48.5 Å². The molecule has 222 valence electrons. The Morgan fingerprint density at radius 3 is 1.25 bits per heavy atom. The van der Waals surface area contributed by atoms with E-state index in [1.54, 1.807) is 0 Å². The summed E-state index contributed by atoms with van der Waals surface area (Å²) in [6.45, 7) is 0. The van der Waals surface area contributed by atoms with Gasteiger partial charge in [0.05, 0.1) is 53.5 Å². The van der Waals surface area contributed by atoms with Crippen molar-refractivity contribution in [3.63, 3.8) is 0 Å². The van der Waals surface area contributed by atoms with Gasteiger partial charge in [-0.05, 0) is 47.5 Å². The first-order valence-electron chi connectivity index (χ1n) is 12.0. The van der Waals surface area contributed by atoms with E-state index in [1.165, 1.54) is 24.3 Å². The van der Waals surface area contributed by atoms with Crippen molar-refractivity contribution < 1.29 is 39.2 Å². The summed E-state index contributed by atoms with van der Waals surface area (Å²) >= 11 is 12.0. The Labute approximate surface area is 255 Å². The lowest BCUT2D eigenvalue weighted by Gasteiger charge is -2.14. The van der Waals surface area contributed by atoms with Gasteiger partial charge in [0.2, 0.25) is 0 Å². The van der Waals surface area contributed by atoms with E-state index in [0.29, 0.717) is 0 Å². The lowest BCUT2D eigenvalue weighted by Crippen LogP contribution is -2.16. The fourth-order valence-corrected chi connectivity index (χ4v) is 4.41. The zero-order valence-electron chi connectivity index (χ0n) is 21.7. The minimum atomic E-state index is -1.46. The van der Waals surface area contributed by atoms with Gasteiger partial charge in [0, 0.05) is 24.3 Å². The highest BCUT2D eigenvalue weighted by atomic mass is 35.5. The number of aromatic carboxylic acids is 2. The molecule has 0 aliphatic rings. The van der Waals surface area contributed by atoms with Crippen molar-refractivity contribution in [3.8, 4) is 11.1 Å². The number of nitro groups is 2. The second-order valence-electron chi connectivity index (χ2n) is 8.88. The molecule has 0 heterocycles. The molecule has 0 aliphatic heterocycles. The average Bonchev–Trinajstić information content (AvgIpc) is 2.97. The predicted octanol–water partition coefficient (Wildman–Crippen LogP) is 6.38. The van der Waals surface area contributed by atoms with Gasteiger partial charge in [-0.15, -0.1) is 0 Å². The first-order chi connectivity index (χ1) is 20.8. The third-order valence-corrected chi connectivity index (χ3v) is 6.80. The van der Waals surface area contributed by atoms with Gasteiger partial charge >= 0.3 is 11.9 Å². The first-order valence-corrected chi connectivity index (χ1v) is 12.8. The molecule has 0 fully saturated rings. The minimum absolute atomic E-state index is 0.109. The molecule has 0 saturated heterocycles. The van der Waals surface area contributed by atoms with E-state index in [9.17, 15) is 49.6 Å². The number of hydrogen-bond donors (Lipinski definition) is 4. The molecule has 0 saturated carbocycles. The summed E-state index contributed by atoms with van der Waals surface area (Å²) in [5.74, 6) is -4.73. The van der Waals surface area contributed by atoms with Gasteiger partial charge in [0.25, 0.3) is 23.2 Å². The van der Waals surface area contributed by atoms with Crippen molar-refractivity contribution in [1.29, 1.82) is 0 Å². The number of non-ortho nitro benzene ring substituents is 2. The predicted molar refractivity (Wildman–Crippen MR) is 158 cm³/mol. The molecule has 16 heteroatoms. The van der Waals surface area contributed by atoms with Crippen LogP contribution in [0.5, 0.6) is 0 Å². The summed E-state index contributed by atoms with van der Waals surface area (Å²) in [6, 6.07) is 14.0. The fourth-order valence-electron chi connectivity index (χ4n) is 4.00. The van der Waals surface area contributed by atoms with E-state index in [1.807, 2.05) is 0 Å². The number of anilines is 2. The second-order valence-corrected chi connectivity index (χ2v) is 9.70. The SMILES string of the molecule is O=C(Nc1ccc(-c2ccc(NC(=O)c3cc([N+](=O)[O-])ccc3Cl)c(C(=O)O)c2)cc1C(=O)O)c1cc([N+](=O)[O-])ccc1Cl. The molecule has 0 aromatic heterocycles. The van der Waals surface area contributed by atoms with E-state index in [2.05, 4.69) is 10.6 Å². The van der Waals surface area contributed by atoms with Crippen molar-refractivity contribution in [3.05, 3.63) is 125 Å². The van der Waals surface area contributed by atoms with E-state index >= 15 is 0 Å². The van der Waals surface area contributed by atoms with Crippen LogP contribution in [0.25, 0.3) is 11.1 Å². The van der Waals surface area contributed by atoms with E-state index in [-0.39, 0.29) is 43.7 Å². The number of halogens is 2. The van der Waals surface area contributed by atoms with Crippen LogP contribution in [0, 0.1) is 20.2 Å². The fraction of sp³-hybridized carbons (Fsp3) is 0. The zero-order chi connectivity index (χ0) is 32.3. The number of carbonyl (C=O) groups is 4. The summed E-state index contributed by atoms with van der Waals surface area (Å²) in [7, 11) is 0. The molecule has 0 unspecified atom stereocenters. The van der Waals surface area contributed by atoms with E-state index in [4.69, 9.17) is 23.2 Å². The zero-order valence-corrected chi connectivity index (χ0v) is 23.3. The number of carbonyl (C=O) groups excluding carboxylic acids is 2. The Kier molecular flexibility index (Phi) is 8.87. The van der Waals surface area contributed by atoms with Gasteiger partial charge in [-0.25, -0.2) is 9.59 Å². The highest BCUT2D eigenvalue weighted by Gasteiger charge is 2.22. The van der Waals surface area contributed by atoms with Gasteiger partial charge < -0.3 is 20.8 Å². The van der Waals surface area contributed by atoms with Gasteiger partial charge in [-0.1, -0.05) is 35.3 Å². The smallest absolute Gasteiger partial charge is 0.337 e. The Hall–Kier alpha value is -5.86. The van der Waals surface area contributed by atoms with Crippen LogP contribution in [0.15, 0.2) is 72.8 Å². The molecule has 0 atom stereocenters. The van der Waals surface area contributed by atoms with Crippen LogP contribution in [0.2, 0.25) is 10.0 Å². The Bertz CT molecular complexity index is 1770. The number of hydrogen-bond acceptors (Lipinski definition) is 8. The van der Waals surface area contributed by atoms with Crippen molar-refractivity contribution >= 4 is 69.7 Å². The van der Waals surface area contributed by atoms with Crippen LogP contribution in [-0.4, -0.2) is 43.8 Å². The van der Waals surface area contributed by atoms with Crippen molar-refractivity contribution in [2.45, 2.75) is 0 Å². The normalized spacial score (nSPS) is 10.5. The quantitative estimate of drug-likeness (QED) is 0.117. The maximum Gasteiger partial charge on any atom is 0.337 e. The Morgan fingerprint density at radius 2 is 0.932 bits per heavy atom. The van der Waals surface area contributed by atoms with Crippen molar-refractivity contribution in [2.75, 3.05) is 10.6 Å². The van der Waals surface area contributed by atoms with Gasteiger partial charge in [0.1, 0.15) is 0 Å². The summed E-state index contributed by atoms with van der Waals surface area (Å²) in [4.78, 5) is 70.4. The number of amides is 2. The molecule has 0 bridgehead atoms. The number of nitrogens with zero attached hydrogens (tertiary/aromatic N) is 2. The molecular formula is C28H16Cl2N4O10. The number of nitrogens with one attached hydrogen (secondary N) is 2. The summed E-state index contributed by atoms with van der Waals surface area (Å²) in [6.07, 6.45) is 0. The number of carboxylic acids is 2. The summed E-state index contributed by atoms with van der Waals surface area (Å²) in [5, 5.41) is 46.3. The average molecular weight is 639 g/mol. The van der Waals surface area contributed by atoms with Crippen LogP contribution in [0.1, 0.15) is 41.4 Å². The molecule has 0 aliphatic carbocycles. The van der Waals surface area contributed by atoms with Gasteiger partial charge in [0.15, 0.2) is 0 Å². The molecule has 4 aromatic rings. The maximum absolute atomic E-state index is 12.8. The van der Waals surface area contributed by atoms with Gasteiger partial charge in [-0.2, -0.15) is 0 Å². The van der Waals surface area contributed by atoms with Crippen LogP contribution < -0.4 is 10.6 Å². The lowest BCUT2D eigenvalue weighted by atomic mass is 9.98. The molecule has 0 radical (unpaired) electrons. The molecular weight excluding hydrogens is 623 g/mol. The minimum Gasteiger partial charge on any atom is -0.478 e. The van der Waals surface area contributed by atoms with Gasteiger partial charge in [-0.3, -0.25) is 29.8 Å². The molecule has 44 heavy (non-hydrogen) atoms. The maximum atomic E-state index is 12.8. The molecule has 4 aromatic carbocycles. The highest BCUT2D eigenvalue weighted by Crippen LogP contribution is 2.31. The monoisotopic (exact) mass is 638 g/mol. The Morgan fingerprint density at radius 1 is 0.568 bits per heavy atom. The molecule has 2 amide bonds. The number of nitro benzene ring substituents is 2. The second kappa shape index (κ2) is 12.6. The standard InChI is InChI=1S/C28H16Cl2N4O10/c29-21-5-3-15(33(41)42)11-17(21)25(35)31-23-7-1-13(9-19(23)27(37)38)14-2-8-24(20(10-14)28(39)40)32-26(36)18-12-16(34(43)44)4-6-22(18)30/h1-12H,(H,31,35)(H,32,36)(H,37,38)(H,39,40). The molecule has 4 N–H and O–H groups in total. The first kappa shape index (κ1) is 31.1. The van der Waals surface area contributed by atoms with Crippen LogP contribution in [-0.2, 0) is 0 Å². The van der Waals surface area contributed by atoms with Crippen LogP contribution in [0.3, 0.4) is 0 Å². The third-order valence-electron chi connectivity index (χ3n) is 6.14. The summed E-state index contributed by atoms with van der Waals surface area (Å²) < 4.78 is 0. The molecule has 4 rings (SSSR count). The highest BCUT2D eigenvalue weighted by molar-refractivity contribution is 6.35. The van der Waals surface area contributed by atoms with Crippen LogP contribution >= 0.6 is 23.2 Å². The number of benzene rings is 4.